The molecule has 112 valence electrons. The molecule has 0 amide bonds. The minimum atomic E-state index is 0.332. The molecule has 1 saturated heterocycles. The molecule has 1 N–H and O–H groups in total. The van der Waals surface area contributed by atoms with E-state index in [1.807, 2.05) is 23.9 Å². The van der Waals surface area contributed by atoms with Crippen molar-refractivity contribution in [3.05, 3.63) is 46.0 Å². The standard InChI is InChI=1S/C15H18BrN3OS/c1-2-17-13-9-21-8-12(13)15-18-14(19-20-15)7-10-4-3-5-11(16)6-10/h3-6,12-13,17H,2,7-9H2,1H3. The fourth-order valence-electron chi connectivity index (χ4n) is 2.58. The lowest BCUT2D eigenvalue weighted by Crippen LogP contribution is -2.34. The van der Waals surface area contributed by atoms with Crippen LogP contribution in [0.2, 0.25) is 0 Å². The maximum Gasteiger partial charge on any atom is 0.232 e. The van der Waals surface area contributed by atoms with Crippen molar-refractivity contribution in [1.29, 1.82) is 0 Å². The lowest BCUT2D eigenvalue weighted by molar-refractivity contribution is 0.338. The van der Waals surface area contributed by atoms with Gasteiger partial charge >= 0.3 is 0 Å². The molecule has 1 aliphatic rings. The molecule has 0 radical (unpaired) electrons. The van der Waals surface area contributed by atoms with Crippen LogP contribution in [-0.2, 0) is 6.42 Å². The van der Waals surface area contributed by atoms with Gasteiger partial charge in [-0.05, 0) is 24.2 Å². The van der Waals surface area contributed by atoms with Crippen molar-refractivity contribution < 1.29 is 4.52 Å². The van der Waals surface area contributed by atoms with E-state index in [1.165, 1.54) is 5.56 Å². The van der Waals surface area contributed by atoms with Crippen molar-refractivity contribution in [2.45, 2.75) is 25.3 Å². The number of aromatic nitrogens is 2. The summed E-state index contributed by atoms with van der Waals surface area (Å²) in [5.41, 5.74) is 1.18. The molecule has 1 aromatic heterocycles. The van der Waals surface area contributed by atoms with Gasteiger partial charge in [0.25, 0.3) is 0 Å². The van der Waals surface area contributed by atoms with E-state index in [0.29, 0.717) is 18.4 Å². The van der Waals surface area contributed by atoms with Crippen molar-refractivity contribution in [2.75, 3.05) is 18.1 Å². The van der Waals surface area contributed by atoms with E-state index < -0.39 is 0 Å². The Morgan fingerprint density at radius 1 is 1.43 bits per heavy atom. The molecule has 0 aliphatic carbocycles. The number of hydrogen-bond acceptors (Lipinski definition) is 5. The first-order valence-corrected chi connectivity index (χ1v) is 9.09. The van der Waals surface area contributed by atoms with E-state index in [1.54, 1.807) is 0 Å². The number of halogens is 1. The fourth-order valence-corrected chi connectivity index (χ4v) is 4.40. The second kappa shape index (κ2) is 6.94. The summed E-state index contributed by atoms with van der Waals surface area (Å²) < 4.78 is 6.57. The Morgan fingerprint density at radius 2 is 2.33 bits per heavy atom. The number of rotatable bonds is 5. The van der Waals surface area contributed by atoms with Crippen LogP contribution in [0.15, 0.2) is 33.3 Å². The Morgan fingerprint density at radius 3 is 3.14 bits per heavy atom. The number of nitrogens with one attached hydrogen (secondary N) is 1. The highest BCUT2D eigenvalue weighted by atomic mass is 79.9. The van der Waals surface area contributed by atoms with Crippen molar-refractivity contribution in [2.24, 2.45) is 0 Å². The van der Waals surface area contributed by atoms with Gasteiger partial charge in [-0.3, -0.25) is 0 Å². The summed E-state index contributed by atoms with van der Waals surface area (Å²) >= 11 is 5.43. The Kier molecular flexibility index (Phi) is 4.98. The van der Waals surface area contributed by atoms with E-state index in [2.05, 4.69) is 50.4 Å². The van der Waals surface area contributed by atoms with Gasteiger partial charge in [0.2, 0.25) is 5.89 Å². The van der Waals surface area contributed by atoms with Crippen LogP contribution in [0, 0.1) is 0 Å². The minimum absolute atomic E-state index is 0.332. The molecule has 1 aliphatic heterocycles. The largest absolute Gasteiger partial charge is 0.339 e. The van der Waals surface area contributed by atoms with Gasteiger partial charge in [-0.2, -0.15) is 16.7 Å². The predicted molar refractivity (Wildman–Crippen MR) is 88.8 cm³/mol. The topological polar surface area (TPSA) is 51.0 Å². The summed E-state index contributed by atoms with van der Waals surface area (Å²) in [6, 6.07) is 8.65. The van der Waals surface area contributed by atoms with Gasteiger partial charge in [0.1, 0.15) is 0 Å². The average molecular weight is 368 g/mol. The third kappa shape index (κ3) is 3.67. The molecule has 1 fully saturated rings. The zero-order valence-corrected chi connectivity index (χ0v) is 14.3. The minimum Gasteiger partial charge on any atom is -0.339 e. The van der Waals surface area contributed by atoms with Gasteiger partial charge in [-0.15, -0.1) is 0 Å². The average Bonchev–Trinajstić information content (AvgIpc) is 3.08. The first kappa shape index (κ1) is 15.1. The summed E-state index contributed by atoms with van der Waals surface area (Å²) in [7, 11) is 0. The normalized spacial score (nSPS) is 21.8. The number of thioether (sulfide) groups is 1. The molecule has 1 aromatic carbocycles. The number of likely N-dealkylation sites (N-methyl/N-ethyl adjacent to an activating group) is 1. The lowest BCUT2D eigenvalue weighted by atomic mass is 10.0. The van der Waals surface area contributed by atoms with E-state index in [9.17, 15) is 0 Å². The predicted octanol–water partition coefficient (Wildman–Crippen LogP) is 3.23. The van der Waals surface area contributed by atoms with Gasteiger partial charge in [-0.25, -0.2) is 0 Å². The fraction of sp³-hybridized carbons (Fsp3) is 0.467. The summed E-state index contributed by atoms with van der Waals surface area (Å²) in [5, 5.41) is 7.65. The zero-order chi connectivity index (χ0) is 14.7. The van der Waals surface area contributed by atoms with E-state index in [-0.39, 0.29) is 0 Å². The highest BCUT2D eigenvalue weighted by Gasteiger charge is 2.32. The Balaban J connectivity index is 1.71. The SMILES string of the molecule is CCNC1CSCC1c1nc(Cc2cccc(Br)c2)no1. The number of nitrogens with zero attached hydrogens (tertiary/aromatic N) is 2. The van der Waals surface area contributed by atoms with Gasteiger partial charge in [0.15, 0.2) is 5.82 Å². The Hall–Kier alpha value is -0.850. The van der Waals surface area contributed by atoms with Gasteiger partial charge < -0.3 is 9.84 Å². The number of hydrogen-bond donors (Lipinski definition) is 1. The van der Waals surface area contributed by atoms with E-state index >= 15 is 0 Å². The summed E-state index contributed by atoms with van der Waals surface area (Å²) in [6.45, 7) is 3.10. The molecule has 21 heavy (non-hydrogen) atoms. The van der Waals surface area contributed by atoms with Gasteiger partial charge in [0.05, 0.1) is 5.92 Å². The molecule has 2 atom stereocenters. The zero-order valence-electron chi connectivity index (χ0n) is 11.9. The summed E-state index contributed by atoms with van der Waals surface area (Å²) in [6.07, 6.45) is 0.703. The Bertz CT molecular complexity index is 604. The molecular formula is C15H18BrN3OS. The monoisotopic (exact) mass is 367 g/mol. The first-order chi connectivity index (χ1) is 10.3. The maximum atomic E-state index is 5.50. The third-order valence-corrected chi connectivity index (χ3v) is 5.28. The molecule has 2 aromatic rings. The molecular weight excluding hydrogens is 350 g/mol. The van der Waals surface area contributed by atoms with Crippen LogP contribution in [0.4, 0.5) is 0 Å². The molecule has 0 saturated carbocycles. The molecule has 4 nitrogen and oxygen atoms in total. The second-order valence-electron chi connectivity index (χ2n) is 5.16. The molecule has 0 bridgehead atoms. The third-order valence-electron chi connectivity index (χ3n) is 3.60. The van der Waals surface area contributed by atoms with Crippen molar-refractivity contribution in [1.82, 2.24) is 15.5 Å². The van der Waals surface area contributed by atoms with Crippen LogP contribution >= 0.6 is 27.7 Å². The van der Waals surface area contributed by atoms with E-state index in [4.69, 9.17) is 4.52 Å². The van der Waals surface area contributed by atoms with Crippen LogP contribution in [0.5, 0.6) is 0 Å². The highest BCUT2D eigenvalue weighted by Crippen LogP contribution is 2.32. The van der Waals surface area contributed by atoms with Gasteiger partial charge in [0, 0.05) is 28.4 Å². The van der Waals surface area contributed by atoms with Crippen molar-refractivity contribution in [3.8, 4) is 0 Å². The second-order valence-corrected chi connectivity index (χ2v) is 7.15. The van der Waals surface area contributed by atoms with Crippen molar-refractivity contribution >= 4 is 27.7 Å². The Labute approximate surface area is 137 Å². The molecule has 0 spiro atoms. The molecule has 6 heteroatoms. The summed E-state index contributed by atoms with van der Waals surface area (Å²) in [4.78, 5) is 4.60. The van der Waals surface area contributed by atoms with Crippen LogP contribution in [0.3, 0.4) is 0 Å². The first-order valence-electron chi connectivity index (χ1n) is 7.14. The summed E-state index contributed by atoms with van der Waals surface area (Å²) in [5.74, 6) is 4.03. The van der Waals surface area contributed by atoms with Crippen molar-refractivity contribution in [3.63, 3.8) is 0 Å². The van der Waals surface area contributed by atoms with E-state index in [0.717, 1.165) is 34.2 Å². The maximum absolute atomic E-state index is 5.50. The molecule has 3 rings (SSSR count). The smallest absolute Gasteiger partial charge is 0.232 e. The highest BCUT2D eigenvalue weighted by molar-refractivity contribution is 9.10. The van der Waals surface area contributed by atoms with Gasteiger partial charge in [-0.1, -0.05) is 40.1 Å². The molecule has 2 unspecified atom stereocenters. The molecule has 2 heterocycles. The van der Waals surface area contributed by atoms with Crippen LogP contribution in [0.25, 0.3) is 0 Å². The lowest BCUT2D eigenvalue weighted by Gasteiger charge is -2.15. The van der Waals surface area contributed by atoms with Crippen LogP contribution < -0.4 is 5.32 Å². The van der Waals surface area contributed by atoms with Crippen LogP contribution in [0.1, 0.15) is 30.1 Å². The number of benzene rings is 1. The quantitative estimate of drug-likeness (QED) is 0.878. The van der Waals surface area contributed by atoms with Crippen LogP contribution in [-0.4, -0.2) is 34.2 Å².